The Morgan fingerprint density at radius 3 is 1.40 bits per heavy atom. The zero-order chi connectivity index (χ0) is 44.3. The summed E-state index contributed by atoms with van der Waals surface area (Å²) < 4.78 is 23.2. The van der Waals surface area contributed by atoms with Gasteiger partial charge in [-0.05, 0) is 51.4 Å². The van der Waals surface area contributed by atoms with Crippen molar-refractivity contribution in [3.05, 3.63) is 36.5 Å². The molecule has 0 saturated carbocycles. The number of carbonyl (C=O) groups is 1. The van der Waals surface area contributed by atoms with Crippen LogP contribution in [0.5, 0.6) is 0 Å². The number of nitrogens with zero attached hydrogens (tertiary/aromatic N) is 1. The summed E-state index contributed by atoms with van der Waals surface area (Å²) in [4.78, 5) is 25.3. The van der Waals surface area contributed by atoms with Gasteiger partial charge in [0, 0.05) is 6.42 Å². The average Bonchev–Trinajstić information content (AvgIpc) is 3.20. The molecule has 0 aromatic carbocycles. The fourth-order valence-corrected chi connectivity index (χ4v) is 8.06. The van der Waals surface area contributed by atoms with Gasteiger partial charge in [0.05, 0.1) is 39.9 Å². The fourth-order valence-electron chi connectivity index (χ4n) is 7.34. The van der Waals surface area contributed by atoms with E-state index in [1.54, 1.807) is 0 Å². The molecule has 60 heavy (non-hydrogen) atoms. The number of phosphoric acid groups is 1. The lowest BCUT2D eigenvalue weighted by Crippen LogP contribution is -2.46. The van der Waals surface area contributed by atoms with Crippen molar-refractivity contribution >= 4 is 13.7 Å². The van der Waals surface area contributed by atoms with Crippen LogP contribution in [0.25, 0.3) is 0 Å². The number of aliphatic hydroxyl groups is 1. The number of carbonyl (C=O) groups excluding carboxylic acids is 1. The van der Waals surface area contributed by atoms with Crippen molar-refractivity contribution in [2.45, 2.75) is 244 Å². The molecule has 0 bridgehead atoms. The minimum absolute atomic E-state index is 0.0122. The topological polar surface area (TPSA) is 108 Å². The summed E-state index contributed by atoms with van der Waals surface area (Å²) in [5.41, 5.74) is 0. The molecule has 0 spiro atoms. The SMILES string of the molecule is CCCCCCC/C=C\C/C=C\C/C=C\CCCCCCCCCCCCCCCCCCC(=O)NC(COP(=O)([O-])OCC[N+](C)(C)C)C(O)CCCCCCCCC. The standard InChI is InChI=1S/C51H99N2O6P/c1-6-8-10-12-14-15-16-17-18-19-20-21-22-23-24-25-26-27-28-29-30-31-32-33-34-35-36-37-39-41-43-45-51(55)52-49(50(54)44-42-40-38-13-11-9-7-2)48-59-60(56,57)58-47-46-53(3,4)5/h16-17,19-20,22-23,49-50,54H,6-15,18,21,24-48H2,1-5H3,(H-,52,55,56,57)/b17-16-,20-19-,23-22-. The molecule has 0 radical (unpaired) electrons. The Kier molecular flexibility index (Phi) is 42.1. The first-order chi connectivity index (χ1) is 29.0. The van der Waals surface area contributed by atoms with Gasteiger partial charge >= 0.3 is 0 Å². The second-order valence-corrected chi connectivity index (χ2v) is 19.9. The number of phosphoric ester groups is 1. The van der Waals surface area contributed by atoms with Gasteiger partial charge in [-0.15, -0.1) is 0 Å². The van der Waals surface area contributed by atoms with E-state index in [0.29, 0.717) is 23.9 Å². The minimum atomic E-state index is -4.55. The Morgan fingerprint density at radius 1 is 0.583 bits per heavy atom. The number of aliphatic hydroxyl groups excluding tert-OH is 1. The van der Waals surface area contributed by atoms with Crippen LogP contribution in [-0.4, -0.2) is 68.5 Å². The van der Waals surface area contributed by atoms with Gasteiger partial charge in [-0.3, -0.25) is 9.36 Å². The molecule has 0 heterocycles. The van der Waals surface area contributed by atoms with Crippen LogP contribution < -0.4 is 10.2 Å². The molecule has 9 heteroatoms. The third-order valence-corrected chi connectivity index (χ3v) is 12.3. The van der Waals surface area contributed by atoms with Crippen molar-refractivity contribution < 1.29 is 32.9 Å². The molecule has 0 aromatic heterocycles. The molecule has 8 nitrogen and oxygen atoms in total. The maximum Gasteiger partial charge on any atom is 0.268 e. The van der Waals surface area contributed by atoms with E-state index in [9.17, 15) is 19.4 Å². The summed E-state index contributed by atoms with van der Waals surface area (Å²) >= 11 is 0. The number of hydrogen-bond donors (Lipinski definition) is 2. The van der Waals surface area contributed by atoms with Crippen LogP contribution in [0.15, 0.2) is 36.5 Å². The van der Waals surface area contributed by atoms with Crippen molar-refractivity contribution in [3.8, 4) is 0 Å². The third kappa shape index (κ3) is 44.8. The lowest BCUT2D eigenvalue weighted by molar-refractivity contribution is -0.870. The summed E-state index contributed by atoms with van der Waals surface area (Å²) in [5.74, 6) is -0.168. The monoisotopic (exact) mass is 867 g/mol. The molecule has 0 fully saturated rings. The van der Waals surface area contributed by atoms with E-state index >= 15 is 0 Å². The smallest absolute Gasteiger partial charge is 0.268 e. The predicted molar refractivity (Wildman–Crippen MR) is 256 cm³/mol. The largest absolute Gasteiger partial charge is 0.756 e. The van der Waals surface area contributed by atoms with E-state index in [-0.39, 0.29) is 19.1 Å². The molecular weight excluding hydrogens is 768 g/mol. The van der Waals surface area contributed by atoms with Crippen LogP contribution in [-0.2, 0) is 18.4 Å². The van der Waals surface area contributed by atoms with Crippen LogP contribution in [0.4, 0.5) is 0 Å². The van der Waals surface area contributed by atoms with E-state index in [0.717, 1.165) is 51.4 Å². The summed E-state index contributed by atoms with van der Waals surface area (Å²) in [6.07, 6.45) is 53.4. The van der Waals surface area contributed by atoms with Crippen molar-refractivity contribution in [1.29, 1.82) is 0 Å². The molecule has 0 aliphatic rings. The van der Waals surface area contributed by atoms with Gasteiger partial charge < -0.3 is 28.8 Å². The Hall–Kier alpha value is -1.28. The maximum atomic E-state index is 12.8. The number of likely N-dealkylation sites (N-methyl/N-ethyl adjacent to an activating group) is 1. The zero-order valence-corrected chi connectivity index (χ0v) is 41.1. The van der Waals surface area contributed by atoms with Gasteiger partial charge in [0.2, 0.25) is 5.91 Å². The van der Waals surface area contributed by atoms with Crippen LogP contribution in [0, 0.1) is 0 Å². The predicted octanol–water partition coefficient (Wildman–Crippen LogP) is 14.0. The molecule has 3 atom stereocenters. The van der Waals surface area contributed by atoms with Crippen LogP contribution >= 0.6 is 7.82 Å². The molecule has 0 aliphatic heterocycles. The van der Waals surface area contributed by atoms with Gasteiger partial charge in [-0.2, -0.15) is 0 Å². The molecular formula is C51H99N2O6P. The summed E-state index contributed by atoms with van der Waals surface area (Å²) in [6.45, 7) is 4.66. The number of unbranched alkanes of at least 4 members (excludes halogenated alkanes) is 27. The van der Waals surface area contributed by atoms with Gasteiger partial charge in [0.1, 0.15) is 13.2 Å². The normalized spacial score (nSPS) is 14.4. The maximum absolute atomic E-state index is 12.8. The first-order valence-corrected chi connectivity index (χ1v) is 26.8. The van der Waals surface area contributed by atoms with Gasteiger partial charge in [-0.25, -0.2) is 0 Å². The molecule has 0 aliphatic carbocycles. The highest BCUT2D eigenvalue weighted by Gasteiger charge is 2.24. The lowest BCUT2D eigenvalue weighted by atomic mass is 10.0. The first kappa shape index (κ1) is 58.7. The first-order valence-electron chi connectivity index (χ1n) is 25.3. The second-order valence-electron chi connectivity index (χ2n) is 18.5. The molecule has 3 unspecified atom stereocenters. The average molecular weight is 867 g/mol. The van der Waals surface area contributed by atoms with Crippen LogP contribution in [0.2, 0.25) is 0 Å². The Balaban J connectivity index is 3.92. The zero-order valence-electron chi connectivity index (χ0n) is 40.2. The Morgan fingerprint density at radius 2 is 0.967 bits per heavy atom. The number of nitrogens with one attached hydrogen (secondary N) is 1. The second kappa shape index (κ2) is 43.0. The minimum Gasteiger partial charge on any atom is -0.756 e. The van der Waals surface area contributed by atoms with Crippen molar-refractivity contribution in [2.75, 3.05) is 40.9 Å². The van der Waals surface area contributed by atoms with E-state index in [1.165, 1.54) is 154 Å². The van der Waals surface area contributed by atoms with E-state index in [4.69, 9.17) is 9.05 Å². The van der Waals surface area contributed by atoms with E-state index in [1.807, 2.05) is 21.1 Å². The highest BCUT2D eigenvalue weighted by Crippen LogP contribution is 2.38. The third-order valence-electron chi connectivity index (χ3n) is 11.4. The van der Waals surface area contributed by atoms with E-state index < -0.39 is 20.0 Å². The number of allylic oxidation sites excluding steroid dienone is 6. The lowest BCUT2D eigenvalue weighted by Gasteiger charge is -2.30. The number of amides is 1. The van der Waals surface area contributed by atoms with Gasteiger partial charge in [0.15, 0.2) is 0 Å². The number of rotatable bonds is 46. The Bertz CT molecular complexity index is 1070. The van der Waals surface area contributed by atoms with Crippen LogP contribution in [0.3, 0.4) is 0 Å². The quantitative estimate of drug-likeness (QED) is 0.0273. The summed E-state index contributed by atoms with van der Waals surface area (Å²) in [7, 11) is 1.30. The molecule has 0 aromatic rings. The number of quaternary nitrogens is 1. The molecule has 0 saturated heterocycles. The van der Waals surface area contributed by atoms with Crippen molar-refractivity contribution in [3.63, 3.8) is 0 Å². The summed E-state index contributed by atoms with van der Waals surface area (Å²) in [5, 5.41) is 13.8. The van der Waals surface area contributed by atoms with Crippen molar-refractivity contribution in [2.24, 2.45) is 0 Å². The van der Waals surface area contributed by atoms with E-state index in [2.05, 4.69) is 55.6 Å². The summed E-state index contributed by atoms with van der Waals surface area (Å²) in [6, 6.07) is -0.796. The number of hydrogen-bond acceptors (Lipinski definition) is 6. The molecule has 354 valence electrons. The molecule has 1 amide bonds. The fraction of sp³-hybridized carbons (Fsp3) is 0.863. The van der Waals surface area contributed by atoms with Crippen molar-refractivity contribution in [1.82, 2.24) is 5.32 Å². The highest BCUT2D eigenvalue weighted by molar-refractivity contribution is 7.45. The van der Waals surface area contributed by atoms with Gasteiger partial charge in [-0.1, -0.05) is 211 Å². The molecule has 2 N–H and O–H groups in total. The Labute approximate surface area is 372 Å². The molecule has 0 rings (SSSR count). The van der Waals surface area contributed by atoms with Gasteiger partial charge in [0.25, 0.3) is 7.82 Å². The highest BCUT2D eigenvalue weighted by atomic mass is 31.2. The van der Waals surface area contributed by atoms with Crippen LogP contribution in [0.1, 0.15) is 232 Å².